The smallest absolute Gasteiger partial charge is 0.308 e. The van der Waals surface area contributed by atoms with Crippen LogP contribution in [0.5, 0.6) is 0 Å². The highest BCUT2D eigenvalue weighted by Crippen LogP contribution is 2.28. The van der Waals surface area contributed by atoms with Gasteiger partial charge in [-0.25, -0.2) is 0 Å². The molecular formula is C15H26N2O4. The summed E-state index contributed by atoms with van der Waals surface area (Å²) in [5, 5.41) is 14.5. The third-order valence-corrected chi connectivity index (χ3v) is 3.48. The molecule has 1 fully saturated rings. The third kappa shape index (κ3) is 7.68. The van der Waals surface area contributed by atoms with Gasteiger partial charge in [-0.2, -0.15) is 0 Å². The topological polar surface area (TPSA) is 95.5 Å². The monoisotopic (exact) mass is 298 g/mol. The molecule has 1 rings (SSSR count). The number of rotatable bonds is 10. The molecule has 1 saturated carbocycles. The molecule has 0 aromatic rings. The summed E-state index contributed by atoms with van der Waals surface area (Å²) >= 11 is 0. The summed E-state index contributed by atoms with van der Waals surface area (Å²) in [6.45, 7) is 4.58. The van der Waals surface area contributed by atoms with Gasteiger partial charge >= 0.3 is 5.97 Å². The Morgan fingerprint density at radius 2 is 1.86 bits per heavy atom. The fraction of sp³-hybridized carbons (Fsp3) is 0.800. The Bertz CT molecular complexity index is 378. The van der Waals surface area contributed by atoms with Crippen LogP contribution in [0, 0.1) is 17.8 Å². The average molecular weight is 298 g/mol. The lowest BCUT2D eigenvalue weighted by Gasteiger charge is -2.15. The minimum atomic E-state index is -0.874. The van der Waals surface area contributed by atoms with Crippen molar-refractivity contribution in [2.24, 2.45) is 17.8 Å². The molecule has 0 radical (unpaired) electrons. The lowest BCUT2D eigenvalue weighted by atomic mass is 9.97. The van der Waals surface area contributed by atoms with Gasteiger partial charge < -0.3 is 15.7 Å². The molecule has 0 spiro atoms. The molecule has 0 aliphatic heterocycles. The van der Waals surface area contributed by atoms with Gasteiger partial charge in [0.05, 0.1) is 5.92 Å². The summed E-state index contributed by atoms with van der Waals surface area (Å²) in [5.41, 5.74) is 0. The number of carbonyl (C=O) groups excluding carboxylic acids is 2. The molecule has 120 valence electrons. The van der Waals surface area contributed by atoms with Gasteiger partial charge in [0.15, 0.2) is 0 Å². The molecule has 0 bridgehead atoms. The van der Waals surface area contributed by atoms with E-state index in [0.29, 0.717) is 25.8 Å². The molecule has 3 N–H and O–H groups in total. The van der Waals surface area contributed by atoms with Crippen LogP contribution in [-0.2, 0) is 14.4 Å². The largest absolute Gasteiger partial charge is 0.481 e. The summed E-state index contributed by atoms with van der Waals surface area (Å²) in [4.78, 5) is 34.0. The van der Waals surface area contributed by atoms with Crippen LogP contribution in [0.15, 0.2) is 0 Å². The van der Waals surface area contributed by atoms with Gasteiger partial charge in [-0.05, 0) is 31.6 Å². The summed E-state index contributed by atoms with van der Waals surface area (Å²) in [5.74, 6) is -1.03. The van der Waals surface area contributed by atoms with Crippen LogP contribution >= 0.6 is 0 Å². The van der Waals surface area contributed by atoms with Crippen LogP contribution in [-0.4, -0.2) is 36.0 Å². The van der Waals surface area contributed by atoms with Crippen molar-refractivity contribution in [2.75, 3.05) is 13.1 Å². The number of carbonyl (C=O) groups is 3. The van der Waals surface area contributed by atoms with Crippen molar-refractivity contribution in [2.45, 2.75) is 46.0 Å². The van der Waals surface area contributed by atoms with Crippen LogP contribution < -0.4 is 10.6 Å². The van der Waals surface area contributed by atoms with Gasteiger partial charge in [0.2, 0.25) is 11.8 Å². The average Bonchev–Trinajstić information content (AvgIpc) is 3.23. The molecule has 1 aliphatic rings. The standard InChI is InChI=1S/C15H26N2O4/c1-10(2)8-12(15(20)21)9-17-13(18)4-3-7-16-14(19)11-5-6-11/h10-12H,3-9H2,1-2H3,(H,16,19)(H,17,18)(H,20,21). The van der Waals surface area contributed by atoms with Crippen LogP contribution in [0.3, 0.4) is 0 Å². The van der Waals surface area contributed by atoms with E-state index in [1.54, 1.807) is 0 Å². The SMILES string of the molecule is CC(C)CC(CNC(=O)CCCNC(=O)C1CC1)C(=O)O. The Labute approximate surface area is 125 Å². The number of nitrogens with one attached hydrogen (secondary N) is 2. The summed E-state index contributed by atoms with van der Waals surface area (Å²) in [7, 11) is 0. The summed E-state index contributed by atoms with van der Waals surface area (Å²) < 4.78 is 0. The second-order valence-electron chi connectivity index (χ2n) is 6.14. The van der Waals surface area contributed by atoms with E-state index in [9.17, 15) is 14.4 Å². The summed E-state index contributed by atoms with van der Waals surface area (Å²) in [6, 6.07) is 0. The molecule has 2 amide bonds. The normalized spacial score (nSPS) is 15.6. The first-order valence-corrected chi connectivity index (χ1v) is 7.67. The Morgan fingerprint density at radius 3 is 2.38 bits per heavy atom. The number of carboxylic acid groups (broad SMARTS) is 1. The highest BCUT2D eigenvalue weighted by atomic mass is 16.4. The third-order valence-electron chi connectivity index (χ3n) is 3.48. The zero-order chi connectivity index (χ0) is 15.8. The van der Waals surface area contributed by atoms with Crippen LogP contribution in [0.25, 0.3) is 0 Å². The van der Waals surface area contributed by atoms with Gasteiger partial charge in [0.1, 0.15) is 0 Å². The Hall–Kier alpha value is -1.59. The molecule has 6 heteroatoms. The molecule has 0 aromatic heterocycles. The van der Waals surface area contributed by atoms with E-state index in [-0.39, 0.29) is 30.2 Å². The van der Waals surface area contributed by atoms with Crippen molar-refractivity contribution in [3.63, 3.8) is 0 Å². The van der Waals surface area contributed by atoms with E-state index in [0.717, 1.165) is 12.8 Å². The van der Waals surface area contributed by atoms with Crippen molar-refractivity contribution < 1.29 is 19.5 Å². The van der Waals surface area contributed by atoms with Gasteiger partial charge in [0, 0.05) is 25.4 Å². The van der Waals surface area contributed by atoms with Gasteiger partial charge in [-0.3, -0.25) is 14.4 Å². The lowest BCUT2D eigenvalue weighted by molar-refractivity contribution is -0.142. The van der Waals surface area contributed by atoms with E-state index < -0.39 is 11.9 Å². The molecule has 0 heterocycles. The maximum absolute atomic E-state index is 11.6. The second kappa shape index (κ2) is 8.64. The molecule has 21 heavy (non-hydrogen) atoms. The molecular weight excluding hydrogens is 272 g/mol. The Kier molecular flexibility index (Phi) is 7.19. The second-order valence-corrected chi connectivity index (χ2v) is 6.14. The molecule has 0 aromatic carbocycles. The Balaban J connectivity index is 2.11. The lowest BCUT2D eigenvalue weighted by Crippen LogP contribution is -2.34. The quantitative estimate of drug-likeness (QED) is 0.527. The molecule has 1 unspecified atom stereocenters. The zero-order valence-electron chi connectivity index (χ0n) is 12.9. The number of carboxylic acids is 1. The van der Waals surface area contributed by atoms with E-state index >= 15 is 0 Å². The van der Waals surface area contributed by atoms with Crippen molar-refractivity contribution >= 4 is 17.8 Å². The number of amides is 2. The van der Waals surface area contributed by atoms with Crippen molar-refractivity contribution in [3.8, 4) is 0 Å². The molecule has 0 saturated heterocycles. The van der Waals surface area contributed by atoms with E-state index in [1.807, 2.05) is 13.8 Å². The minimum Gasteiger partial charge on any atom is -0.481 e. The van der Waals surface area contributed by atoms with E-state index in [1.165, 1.54) is 0 Å². The maximum atomic E-state index is 11.6. The Morgan fingerprint density at radius 1 is 1.19 bits per heavy atom. The first-order chi connectivity index (χ1) is 9.90. The maximum Gasteiger partial charge on any atom is 0.308 e. The predicted octanol–water partition coefficient (Wildman–Crippen LogP) is 1.16. The number of aliphatic carboxylic acids is 1. The molecule has 6 nitrogen and oxygen atoms in total. The zero-order valence-corrected chi connectivity index (χ0v) is 12.9. The first-order valence-electron chi connectivity index (χ1n) is 7.67. The van der Waals surface area contributed by atoms with Crippen molar-refractivity contribution in [3.05, 3.63) is 0 Å². The fourth-order valence-corrected chi connectivity index (χ4v) is 2.12. The van der Waals surface area contributed by atoms with Crippen molar-refractivity contribution in [1.29, 1.82) is 0 Å². The van der Waals surface area contributed by atoms with Crippen LogP contribution in [0.2, 0.25) is 0 Å². The fourth-order valence-electron chi connectivity index (χ4n) is 2.12. The first kappa shape index (κ1) is 17.5. The highest BCUT2D eigenvalue weighted by molar-refractivity contribution is 5.81. The van der Waals surface area contributed by atoms with Gasteiger partial charge in [-0.1, -0.05) is 13.8 Å². The van der Waals surface area contributed by atoms with Crippen LogP contribution in [0.4, 0.5) is 0 Å². The predicted molar refractivity (Wildman–Crippen MR) is 78.6 cm³/mol. The minimum absolute atomic E-state index is 0.0817. The van der Waals surface area contributed by atoms with E-state index in [4.69, 9.17) is 5.11 Å². The number of hydrogen-bond acceptors (Lipinski definition) is 3. The van der Waals surface area contributed by atoms with Gasteiger partial charge in [0.25, 0.3) is 0 Å². The molecule has 1 aliphatic carbocycles. The van der Waals surface area contributed by atoms with Gasteiger partial charge in [-0.15, -0.1) is 0 Å². The summed E-state index contributed by atoms with van der Waals surface area (Å²) in [6.07, 6.45) is 3.37. The van der Waals surface area contributed by atoms with Crippen LogP contribution in [0.1, 0.15) is 46.0 Å². The highest BCUT2D eigenvalue weighted by Gasteiger charge is 2.29. The molecule has 1 atom stereocenters. The van der Waals surface area contributed by atoms with Crippen molar-refractivity contribution in [1.82, 2.24) is 10.6 Å². The number of hydrogen-bond donors (Lipinski definition) is 3. The van der Waals surface area contributed by atoms with E-state index in [2.05, 4.69) is 10.6 Å².